The maximum absolute atomic E-state index is 10.8. The fourth-order valence-electron chi connectivity index (χ4n) is 1.30. The highest BCUT2D eigenvalue weighted by atomic mass is 35.5. The molecule has 0 heterocycles. The third-order valence-electron chi connectivity index (χ3n) is 1.95. The van der Waals surface area contributed by atoms with Gasteiger partial charge in [0.05, 0.1) is 0 Å². The molecule has 0 radical (unpaired) electrons. The van der Waals surface area contributed by atoms with E-state index in [0.717, 1.165) is 5.56 Å². The number of carboxylic acid groups (broad SMARTS) is 1. The third kappa shape index (κ3) is 3.90. The van der Waals surface area contributed by atoms with Crippen molar-refractivity contribution < 1.29 is 14.6 Å². The molecule has 1 aromatic rings. The molecule has 1 rings (SSSR count). The third-order valence-corrected chi connectivity index (χ3v) is 2.19. The summed E-state index contributed by atoms with van der Waals surface area (Å²) >= 11 is 5.80. The van der Waals surface area contributed by atoms with Crippen molar-refractivity contribution in [1.82, 2.24) is 0 Å². The van der Waals surface area contributed by atoms with Crippen LogP contribution in [0.4, 0.5) is 0 Å². The van der Waals surface area contributed by atoms with Gasteiger partial charge in [0.1, 0.15) is 0 Å². The van der Waals surface area contributed by atoms with Gasteiger partial charge in [-0.3, -0.25) is 0 Å². The Hall–Kier alpha value is -1.06. The van der Waals surface area contributed by atoms with Crippen molar-refractivity contribution in [2.45, 2.75) is 19.4 Å². The van der Waals surface area contributed by atoms with Gasteiger partial charge in [-0.05, 0) is 24.6 Å². The van der Waals surface area contributed by atoms with Crippen LogP contribution in [-0.2, 0) is 16.0 Å². The standard InChI is InChI=1S/C11H13ClO3/c1-2-15-10(11(13)14)7-8-4-3-5-9(12)6-8/h3-6,10H,2,7H2,1H3,(H,13,14)/t10-/m0/s1. The van der Waals surface area contributed by atoms with E-state index in [-0.39, 0.29) is 0 Å². The van der Waals surface area contributed by atoms with Crippen LogP contribution in [0.2, 0.25) is 5.02 Å². The first-order valence-corrected chi connectivity index (χ1v) is 5.10. The van der Waals surface area contributed by atoms with E-state index in [2.05, 4.69) is 0 Å². The average Bonchev–Trinajstić information content (AvgIpc) is 2.17. The van der Waals surface area contributed by atoms with E-state index in [1.54, 1.807) is 25.1 Å². The molecule has 82 valence electrons. The van der Waals surface area contributed by atoms with Crippen LogP contribution < -0.4 is 0 Å². The first kappa shape index (κ1) is 12.0. The quantitative estimate of drug-likeness (QED) is 0.842. The molecule has 15 heavy (non-hydrogen) atoms. The number of carbonyl (C=O) groups is 1. The minimum absolute atomic E-state index is 0.337. The van der Waals surface area contributed by atoms with Gasteiger partial charge in [-0.25, -0.2) is 4.79 Å². The lowest BCUT2D eigenvalue weighted by atomic mass is 10.1. The first-order valence-electron chi connectivity index (χ1n) is 4.72. The van der Waals surface area contributed by atoms with Crippen molar-refractivity contribution in [2.24, 2.45) is 0 Å². The molecule has 1 aromatic carbocycles. The second-order valence-corrected chi connectivity index (χ2v) is 3.55. The van der Waals surface area contributed by atoms with Crippen LogP contribution in [0.1, 0.15) is 12.5 Å². The normalized spacial score (nSPS) is 12.4. The maximum Gasteiger partial charge on any atom is 0.333 e. The van der Waals surface area contributed by atoms with E-state index < -0.39 is 12.1 Å². The zero-order valence-electron chi connectivity index (χ0n) is 8.44. The number of rotatable bonds is 5. The SMILES string of the molecule is CCO[C@@H](Cc1cccc(Cl)c1)C(=O)O. The summed E-state index contributed by atoms with van der Waals surface area (Å²) in [6.07, 6.45) is -0.461. The molecule has 3 nitrogen and oxygen atoms in total. The fraction of sp³-hybridized carbons (Fsp3) is 0.364. The van der Waals surface area contributed by atoms with E-state index in [1.807, 2.05) is 6.07 Å². The number of benzene rings is 1. The number of ether oxygens (including phenoxy) is 1. The highest BCUT2D eigenvalue weighted by molar-refractivity contribution is 6.30. The lowest BCUT2D eigenvalue weighted by Gasteiger charge is -2.12. The van der Waals surface area contributed by atoms with Gasteiger partial charge in [0.2, 0.25) is 0 Å². The second kappa shape index (κ2) is 5.73. The van der Waals surface area contributed by atoms with E-state index >= 15 is 0 Å². The molecule has 1 atom stereocenters. The molecule has 0 saturated carbocycles. The molecule has 0 unspecified atom stereocenters. The Kier molecular flexibility index (Phi) is 4.59. The fourth-order valence-corrected chi connectivity index (χ4v) is 1.51. The molecule has 4 heteroatoms. The summed E-state index contributed by atoms with van der Waals surface area (Å²) in [7, 11) is 0. The molecular formula is C11H13ClO3. The number of hydrogen-bond donors (Lipinski definition) is 1. The Morgan fingerprint density at radius 3 is 2.87 bits per heavy atom. The van der Waals surface area contributed by atoms with Crippen molar-refractivity contribution in [3.8, 4) is 0 Å². The van der Waals surface area contributed by atoms with E-state index in [1.165, 1.54) is 0 Å². The van der Waals surface area contributed by atoms with Gasteiger partial charge in [0, 0.05) is 18.1 Å². The molecule has 0 bridgehead atoms. The van der Waals surface area contributed by atoms with E-state index in [9.17, 15) is 4.79 Å². The maximum atomic E-state index is 10.8. The predicted molar refractivity (Wildman–Crippen MR) is 58.2 cm³/mol. The largest absolute Gasteiger partial charge is 0.479 e. The smallest absolute Gasteiger partial charge is 0.333 e. The minimum Gasteiger partial charge on any atom is -0.479 e. The zero-order valence-corrected chi connectivity index (χ0v) is 9.20. The minimum atomic E-state index is -0.947. The van der Waals surface area contributed by atoms with E-state index in [4.69, 9.17) is 21.4 Å². The van der Waals surface area contributed by atoms with Crippen molar-refractivity contribution >= 4 is 17.6 Å². The second-order valence-electron chi connectivity index (χ2n) is 3.12. The van der Waals surface area contributed by atoms with Crippen molar-refractivity contribution in [3.63, 3.8) is 0 Å². The first-order chi connectivity index (χ1) is 7.13. The molecule has 0 fully saturated rings. The highest BCUT2D eigenvalue weighted by Crippen LogP contribution is 2.13. The molecule has 1 N–H and O–H groups in total. The Labute approximate surface area is 93.6 Å². The molecule has 0 aromatic heterocycles. The van der Waals surface area contributed by atoms with Crippen LogP contribution in [0.25, 0.3) is 0 Å². The van der Waals surface area contributed by atoms with Crippen LogP contribution in [0.5, 0.6) is 0 Å². The van der Waals surface area contributed by atoms with Crippen molar-refractivity contribution in [3.05, 3.63) is 34.9 Å². The summed E-state index contributed by atoms with van der Waals surface area (Å²) in [6.45, 7) is 2.16. The summed E-state index contributed by atoms with van der Waals surface area (Å²) < 4.78 is 5.10. The van der Waals surface area contributed by atoms with Crippen LogP contribution in [0.3, 0.4) is 0 Å². The monoisotopic (exact) mass is 228 g/mol. The molecule has 0 aliphatic heterocycles. The van der Waals surface area contributed by atoms with Crippen molar-refractivity contribution in [1.29, 1.82) is 0 Å². The van der Waals surface area contributed by atoms with Gasteiger partial charge in [-0.1, -0.05) is 23.7 Å². The van der Waals surface area contributed by atoms with Gasteiger partial charge in [0.25, 0.3) is 0 Å². The molecular weight excluding hydrogens is 216 g/mol. The van der Waals surface area contributed by atoms with Gasteiger partial charge in [-0.15, -0.1) is 0 Å². The molecule has 0 spiro atoms. The van der Waals surface area contributed by atoms with Crippen molar-refractivity contribution in [2.75, 3.05) is 6.61 Å². The molecule has 0 aliphatic carbocycles. The Balaban J connectivity index is 2.69. The Bertz CT molecular complexity index is 338. The average molecular weight is 229 g/mol. The summed E-state index contributed by atoms with van der Waals surface area (Å²) in [5.41, 5.74) is 0.864. The van der Waals surface area contributed by atoms with Crippen LogP contribution in [0, 0.1) is 0 Å². The Morgan fingerprint density at radius 2 is 2.33 bits per heavy atom. The van der Waals surface area contributed by atoms with Gasteiger partial charge in [0.15, 0.2) is 6.10 Å². The van der Waals surface area contributed by atoms with Crippen LogP contribution >= 0.6 is 11.6 Å². The molecule has 0 aliphatic rings. The van der Waals surface area contributed by atoms with Gasteiger partial charge < -0.3 is 9.84 Å². The van der Waals surface area contributed by atoms with Gasteiger partial charge in [-0.2, -0.15) is 0 Å². The summed E-state index contributed by atoms with van der Waals surface area (Å²) in [5, 5.41) is 9.48. The number of hydrogen-bond acceptors (Lipinski definition) is 2. The van der Waals surface area contributed by atoms with Crippen LogP contribution in [0.15, 0.2) is 24.3 Å². The number of halogens is 1. The summed E-state index contributed by atoms with van der Waals surface area (Å²) in [5.74, 6) is -0.947. The number of aliphatic carboxylic acids is 1. The topological polar surface area (TPSA) is 46.5 Å². The lowest BCUT2D eigenvalue weighted by Crippen LogP contribution is -2.26. The summed E-state index contributed by atoms with van der Waals surface area (Å²) in [6, 6.07) is 7.13. The molecule has 0 amide bonds. The molecule has 0 saturated heterocycles. The zero-order chi connectivity index (χ0) is 11.3. The highest BCUT2D eigenvalue weighted by Gasteiger charge is 2.17. The van der Waals surface area contributed by atoms with E-state index in [0.29, 0.717) is 18.1 Å². The number of carboxylic acids is 1. The lowest BCUT2D eigenvalue weighted by molar-refractivity contribution is -0.149. The van der Waals surface area contributed by atoms with Gasteiger partial charge >= 0.3 is 5.97 Å². The predicted octanol–water partition coefficient (Wildman–Crippen LogP) is 2.37. The Morgan fingerprint density at radius 1 is 1.60 bits per heavy atom. The summed E-state index contributed by atoms with van der Waals surface area (Å²) in [4.78, 5) is 10.8. The van der Waals surface area contributed by atoms with Crippen LogP contribution in [-0.4, -0.2) is 23.8 Å².